The number of thiophene rings is 1. The number of aliphatic imine (C=N–C) groups is 1. The third kappa shape index (κ3) is 4.95. The molecule has 1 atom stereocenters. The lowest BCUT2D eigenvalue weighted by molar-refractivity contribution is 0.690. The molecule has 0 radical (unpaired) electrons. The van der Waals surface area contributed by atoms with Crippen LogP contribution in [0.1, 0.15) is 48.6 Å². The second kappa shape index (κ2) is 10.0. The van der Waals surface area contributed by atoms with Gasteiger partial charge in [0.2, 0.25) is 0 Å². The van der Waals surface area contributed by atoms with Crippen molar-refractivity contribution < 1.29 is 0 Å². The van der Waals surface area contributed by atoms with Crippen LogP contribution in [0, 0.1) is 0 Å². The number of rotatable bonds is 6. The molecule has 2 aromatic rings. The van der Waals surface area contributed by atoms with Crippen LogP contribution in [0.5, 0.6) is 0 Å². The predicted molar refractivity (Wildman–Crippen MR) is 113 cm³/mol. The minimum absolute atomic E-state index is 0. The highest BCUT2D eigenvalue weighted by Crippen LogP contribution is 2.18. The Labute approximate surface area is 166 Å². The van der Waals surface area contributed by atoms with Crippen LogP contribution in [0.2, 0.25) is 0 Å². The molecule has 0 saturated carbocycles. The SMILES string of the molecule is CCc1nn(C)c(CC)c1CNC(=NC)NC(C)c1cccs1.I. The number of hydrogen-bond acceptors (Lipinski definition) is 3. The van der Waals surface area contributed by atoms with E-state index in [4.69, 9.17) is 0 Å². The van der Waals surface area contributed by atoms with Gasteiger partial charge in [0, 0.05) is 36.8 Å². The summed E-state index contributed by atoms with van der Waals surface area (Å²) >= 11 is 1.75. The Morgan fingerprint density at radius 2 is 2.12 bits per heavy atom. The van der Waals surface area contributed by atoms with Gasteiger partial charge in [-0.2, -0.15) is 5.10 Å². The Hall–Kier alpha value is -1.09. The van der Waals surface area contributed by atoms with Gasteiger partial charge in [-0.25, -0.2) is 0 Å². The summed E-state index contributed by atoms with van der Waals surface area (Å²) in [6.07, 6.45) is 1.93. The van der Waals surface area contributed by atoms with Crippen molar-refractivity contribution in [2.45, 2.75) is 46.2 Å². The quantitative estimate of drug-likeness (QED) is 0.392. The maximum atomic E-state index is 4.62. The van der Waals surface area contributed by atoms with E-state index >= 15 is 0 Å². The number of nitrogens with zero attached hydrogens (tertiary/aromatic N) is 3. The molecule has 24 heavy (non-hydrogen) atoms. The molecule has 0 saturated heterocycles. The molecule has 2 N–H and O–H groups in total. The van der Waals surface area contributed by atoms with E-state index in [1.165, 1.54) is 21.8 Å². The van der Waals surface area contributed by atoms with Crippen LogP contribution in [0.3, 0.4) is 0 Å². The number of hydrogen-bond donors (Lipinski definition) is 2. The van der Waals surface area contributed by atoms with Crippen molar-refractivity contribution in [3.8, 4) is 0 Å². The number of halogens is 1. The first kappa shape index (κ1) is 21.0. The number of aromatic nitrogens is 2. The standard InChI is InChI=1S/C17H27N5S.HI/c1-6-14-13(15(7-2)22(5)21-14)11-19-17(18-4)20-12(3)16-9-8-10-23-16;/h8-10,12H,6-7,11H2,1-5H3,(H2,18,19,20);1H. The second-order valence-electron chi connectivity index (χ2n) is 5.51. The van der Waals surface area contributed by atoms with Crippen LogP contribution in [0.25, 0.3) is 0 Å². The van der Waals surface area contributed by atoms with Crippen molar-refractivity contribution in [1.29, 1.82) is 0 Å². The average molecular weight is 461 g/mol. The van der Waals surface area contributed by atoms with Gasteiger partial charge in [0.25, 0.3) is 0 Å². The van der Waals surface area contributed by atoms with Crippen LogP contribution < -0.4 is 10.6 Å². The van der Waals surface area contributed by atoms with Gasteiger partial charge in [-0.15, -0.1) is 35.3 Å². The maximum absolute atomic E-state index is 4.62. The molecule has 0 aliphatic carbocycles. The third-order valence-electron chi connectivity index (χ3n) is 4.01. The molecule has 0 aromatic carbocycles. The van der Waals surface area contributed by atoms with Gasteiger partial charge in [0.1, 0.15) is 0 Å². The lowest BCUT2D eigenvalue weighted by atomic mass is 10.1. The minimum Gasteiger partial charge on any atom is -0.352 e. The van der Waals surface area contributed by atoms with Crippen molar-refractivity contribution in [2.24, 2.45) is 12.0 Å². The van der Waals surface area contributed by atoms with Crippen molar-refractivity contribution in [3.05, 3.63) is 39.3 Å². The fourth-order valence-corrected chi connectivity index (χ4v) is 3.51. The molecular formula is C17H28IN5S. The smallest absolute Gasteiger partial charge is 0.191 e. The Morgan fingerprint density at radius 1 is 1.38 bits per heavy atom. The fraction of sp³-hybridized carbons (Fsp3) is 0.529. The molecule has 7 heteroatoms. The van der Waals surface area contributed by atoms with E-state index in [1.54, 1.807) is 18.4 Å². The third-order valence-corrected chi connectivity index (χ3v) is 5.06. The van der Waals surface area contributed by atoms with Crippen LogP contribution in [0.15, 0.2) is 22.5 Å². The fourth-order valence-electron chi connectivity index (χ4n) is 2.77. The van der Waals surface area contributed by atoms with E-state index < -0.39 is 0 Å². The van der Waals surface area contributed by atoms with E-state index in [-0.39, 0.29) is 30.0 Å². The van der Waals surface area contributed by atoms with Gasteiger partial charge in [0.15, 0.2) is 5.96 Å². The van der Waals surface area contributed by atoms with Gasteiger partial charge in [-0.05, 0) is 31.2 Å². The monoisotopic (exact) mass is 461 g/mol. The second-order valence-corrected chi connectivity index (χ2v) is 6.49. The molecule has 0 fully saturated rings. The first-order valence-electron chi connectivity index (χ1n) is 8.14. The van der Waals surface area contributed by atoms with Crippen molar-refractivity contribution in [1.82, 2.24) is 20.4 Å². The molecule has 0 aliphatic rings. The summed E-state index contributed by atoms with van der Waals surface area (Å²) in [6, 6.07) is 4.46. The number of aryl methyl sites for hydroxylation is 2. The van der Waals surface area contributed by atoms with E-state index in [2.05, 4.69) is 59.0 Å². The average Bonchev–Trinajstić information content (AvgIpc) is 3.18. The number of nitrogens with one attached hydrogen (secondary N) is 2. The summed E-state index contributed by atoms with van der Waals surface area (Å²) in [6.45, 7) is 7.22. The van der Waals surface area contributed by atoms with Gasteiger partial charge in [-0.3, -0.25) is 9.67 Å². The van der Waals surface area contributed by atoms with Crippen molar-refractivity contribution in [3.63, 3.8) is 0 Å². The van der Waals surface area contributed by atoms with E-state index in [0.29, 0.717) is 0 Å². The normalized spacial score (nSPS) is 12.6. The molecule has 0 bridgehead atoms. The Balaban J connectivity index is 0.00000288. The highest BCUT2D eigenvalue weighted by Gasteiger charge is 2.14. The molecule has 2 heterocycles. The number of guanidine groups is 1. The van der Waals surface area contributed by atoms with E-state index in [0.717, 1.165) is 25.3 Å². The Bertz CT molecular complexity index is 648. The van der Waals surface area contributed by atoms with Gasteiger partial charge in [0.05, 0.1) is 11.7 Å². The lowest BCUT2D eigenvalue weighted by Crippen LogP contribution is -2.38. The highest BCUT2D eigenvalue weighted by molar-refractivity contribution is 14.0. The summed E-state index contributed by atoms with van der Waals surface area (Å²) < 4.78 is 2.00. The molecule has 1 unspecified atom stereocenters. The lowest BCUT2D eigenvalue weighted by Gasteiger charge is -2.17. The summed E-state index contributed by atoms with van der Waals surface area (Å²) in [7, 11) is 3.83. The first-order valence-corrected chi connectivity index (χ1v) is 9.02. The van der Waals surface area contributed by atoms with Gasteiger partial charge in [-0.1, -0.05) is 19.9 Å². The molecule has 2 aromatic heterocycles. The van der Waals surface area contributed by atoms with Gasteiger partial charge < -0.3 is 10.6 Å². The Morgan fingerprint density at radius 3 is 2.67 bits per heavy atom. The minimum atomic E-state index is 0. The molecule has 2 rings (SSSR count). The largest absolute Gasteiger partial charge is 0.352 e. The van der Waals surface area contributed by atoms with E-state index in [9.17, 15) is 0 Å². The zero-order valence-electron chi connectivity index (χ0n) is 15.1. The van der Waals surface area contributed by atoms with Crippen LogP contribution in [0.4, 0.5) is 0 Å². The zero-order chi connectivity index (χ0) is 16.8. The molecule has 0 aliphatic heterocycles. The highest BCUT2D eigenvalue weighted by atomic mass is 127. The van der Waals surface area contributed by atoms with Crippen LogP contribution >= 0.6 is 35.3 Å². The maximum Gasteiger partial charge on any atom is 0.191 e. The van der Waals surface area contributed by atoms with Crippen molar-refractivity contribution in [2.75, 3.05) is 7.05 Å². The van der Waals surface area contributed by atoms with Crippen molar-refractivity contribution >= 4 is 41.3 Å². The predicted octanol–water partition coefficient (Wildman–Crippen LogP) is 3.65. The summed E-state index contributed by atoms with van der Waals surface area (Å²) in [4.78, 5) is 5.65. The molecule has 134 valence electrons. The van der Waals surface area contributed by atoms with Crippen LogP contribution in [-0.4, -0.2) is 22.8 Å². The molecule has 0 amide bonds. The Kier molecular flexibility index (Phi) is 8.75. The first-order chi connectivity index (χ1) is 11.1. The molecule has 0 spiro atoms. The summed E-state index contributed by atoms with van der Waals surface area (Å²) in [5, 5.41) is 13.6. The molecule has 5 nitrogen and oxygen atoms in total. The molecular weight excluding hydrogens is 433 g/mol. The van der Waals surface area contributed by atoms with E-state index in [1.807, 2.05) is 11.7 Å². The van der Waals surface area contributed by atoms with Crippen LogP contribution in [-0.2, 0) is 26.4 Å². The van der Waals surface area contributed by atoms with Gasteiger partial charge >= 0.3 is 0 Å². The zero-order valence-corrected chi connectivity index (χ0v) is 18.2. The summed E-state index contributed by atoms with van der Waals surface area (Å²) in [5.74, 6) is 0.818. The topological polar surface area (TPSA) is 54.2 Å². The summed E-state index contributed by atoms with van der Waals surface area (Å²) in [5.41, 5.74) is 3.75.